The molecular formula is C15H18N2O5S. The van der Waals surface area contributed by atoms with Crippen LogP contribution >= 0.6 is 0 Å². The van der Waals surface area contributed by atoms with Gasteiger partial charge in [-0.2, -0.15) is 4.31 Å². The molecule has 0 radical (unpaired) electrons. The number of benzene rings is 1. The van der Waals surface area contributed by atoms with Gasteiger partial charge < -0.3 is 9.15 Å². The Balaban J connectivity index is 1.78. The molecule has 0 bridgehead atoms. The molecule has 2 aliphatic rings. The summed E-state index contributed by atoms with van der Waals surface area (Å²) in [6, 6.07) is 4.62. The minimum Gasteiger partial charge on any atom is -0.408 e. The van der Waals surface area contributed by atoms with Gasteiger partial charge in [-0.25, -0.2) is 13.2 Å². The van der Waals surface area contributed by atoms with Crippen molar-refractivity contribution >= 4 is 21.1 Å². The van der Waals surface area contributed by atoms with E-state index in [1.807, 2.05) is 6.92 Å². The molecule has 4 rings (SSSR count). The normalized spacial score (nSPS) is 25.3. The number of oxazole rings is 1. The molecule has 1 aromatic heterocycles. The highest BCUT2D eigenvalue weighted by Gasteiger charge is 2.53. The number of nitrogens with zero attached hydrogens (tertiary/aromatic N) is 2. The average molecular weight is 338 g/mol. The first-order valence-electron chi connectivity index (χ1n) is 7.72. The predicted molar refractivity (Wildman–Crippen MR) is 82.8 cm³/mol. The standard InChI is InChI=1S/C15H18N2O5S/c1-2-16-12-4-3-11(9-13(12)22-14(16)18)23(19,20)17-7-5-15(17)6-8-21-10-15/h3-4,9H,2,5-8,10H2,1H3. The van der Waals surface area contributed by atoms with Crippen molar-refractivity contribution in [1.29, 1.82) is 0 Å². The van der Waals surface area contributed by atoms with Crippen LogP contribution < -0.4 is 5.76 Å². The van der Waals surface area contributed by atoms with E-state index in [-0.39, 0.29) is 10.4 Å². The molecule has 3 heterocycles. The van der Waals surface area contributed by atoms with Gasteiger partial charge in [0.15, 0.2) is 5.58 Å². The molecule has 1 spiro atoms. The van der Waals surface area contributed by atoms with E-state index >= 15 is 0 Å². The number of sulfonamides is 1. The largest absolute Gasteiger partial charge is 0.419 e. The lowest BCUT2D eigenvalue weighted by molar-refractivity contribution is 0.0525. The van der Waals surface area contributed by atoms with Crippen LogP contribution in [-0.2, 0) is 21.3 Å². The molecule has 23 heavy (non-hydrogen) atoms. The second-order valence-corrected chi connectivity index (χ2v) is 7.96. The Morgan fingerprint density at radius 3 is 2.74 bits per heavy atom. The summed E-state index contributed by atoms with van der Waals surface area (Å²) >= 11 is 0. The summed E-state index contributed by atoms with van der Waals surface area (Å²) in [4.78, 5) is 11.9. The predicted octanol–water partition coefficient (Wildman–Crippen LogP) is 1.17. The van der Waals surface area contributed by atoms with Gasteiger partial charge in [-0.15, -0.1) is 0 Å². The molecule has 2 aromatic rings. The van der Waals surface area contributed by atoms with Crippen molar-refractivity contribution in [3.8, 4) is 0 Å². The van der Waals surface area contributed by atoms with Crippen LogP contribution in [0.4, 0.5) is 0 Å². The van der Waals surface area contributed by atoms with Gasteiger partial charge in [-0.3, -0.25) is 4.57 Å². The Labute approximate surface area is 133 Å². The number of ether oxygens (including phenoxy) is 1. The molecule has 124 valence electrons. The number of aryl methyl sites for hydroxylation is 1. The zero-order valence-corrected chi connectivity index (χ0v) is 13.6. The summed E-state index contributed by atoms with van der Waals surface area (Å²) in [6.45, 7) is 3.87. The zero-order valence-electron chi connectivity index (χ0n) is 12.8. The fraction of sp³-hybridized carbons (Fsp3) is 0.533. The third-order valence-corrected chi connectivity index (χ3v) is 6.94. The summed E-state index contributed by atoms with van der Waals surface area (Å²) in [5.74, 6) is -0.471. The molecular weight excluding hydrogens is 320 g/mol. The Morgan fingerprint density at radius 2 is 2.13 bits per heavy atom. The number of hydrogen-bond acceptors (Lipinski definition) is 5. The maximum absolute atomic E-state index is 12.9. The first-order chi connectivity index (χ1) is 11.0. The van der Waals surface area contributed by atoms with E-state index in [9.17, 15) is 13.2 Å². The summed E-state index contributed by atoms with van der Waals surface area (Å²) in [5.41, 5.74) is 0.526. The highest BCUT2D eigenvalue weighted by molar-refractivity contribution is 7.89. The second-order valence-electron chi connectivity index (χ2n) is 6.10. The first-order valence-corrected chi connectivity index (χ1v) is 9.16. The summed E-state index contributed by atoms with van der Waals surface area (Å²) in [7, 11) is -3.61. The number of aromatic nitrogens is 1. The molecule has 0 amide bonds. The lowest BCUT2D eigenvalue weighted by atomic mass is 9.87. The van der Waals surface area contributed by atoms with E-state index in [0.717, 1.165) is 12.8 Å². The Hall–Kier alpha value is -1.64. The van der Waals surface area contributed by atoms with Gasteiger partial charge in [0.2, 0.25) is 10.0 Å². The molecule has 0 N–H and O–H groups in total. The fourth-order valence-electron chi connectivity index (χ4n) is 3.52. The lowest BCUT2D eigenvalue weighted by Crippen LogP contribution is -2.62. The van der Waals surface area contributed by atoms with Crippen molar-refractivity contribution in [3.05, 3.63) is 28.7 Å². The van der Waals surface area contributed by atoms with E-state index in [0.29, 0.717) is 37.4 Å². The van der Waals surface area contributed by atoms with E-state index in [2.05, 4.69) is 0 Å². The number of hydrogen-bond donors (Lipinski definition) is 0. The van der Waals surface area contributed by atoms with Crippen molar-refractivity contribution in [3.63, 3.8) is 0 Å². The SMILES string of the molecule is CCn1c(=O)oc2cc(S(=O)(=O)N3CCC34CCOC4)ccc21. The van der Waals surface area contributed by atoms with Crippen molar-refractivity contribution < 1.29 is 17.6 Å². The van der Waals surface area contributed by atoms with Crippen LogP contribution in [0.3, 0.4) is 0 Å². The van der Waals surface area contributed by atoms with Crippen LogP contribution in [0.2, 0.25) is 0 Å². The van der Waals surface area contributed by atoms with Crippen molar-refractivity contribution in [2.75, 3.05) is 19.8 Å². The van der Waals surface area contributed by atoms with Crippen molar-refractivity contribution in [2.45, 2.75) is 36.7 Å². The van der Waals surface area contributed by atoms with Crippen LogP contribution in [0.5, 0.6) is 0 Å². The third-order valence-electron chi connectivity index (χ3n) is 4.94. The molecule has 1 unspecified atom stereocenters. The van der Waals surface area contributed by atoms with Gasteiger partial charge in [0.1, 0.15) is 0 Å². The quantitative estimate of drug-likeness (QED) is 0.839. The molecule has 2 fully saturated rings. The average Bonchev–Trinajstić information content (AvgIpc) is 3.09. The molecule has 1 aromatic carbocycles. The van der Waals surface area contributed by atoms with Crippen molar-refractivity contribution in [1.82, 2.24) is 8.87 Å². The summed E-state index contributed by atoms with van der Waals surface area (Å²) in [6.07, 6.45) is 1.56. The maximum atomic E-state index is 12.9. The Kier molecular flexibility index (Phi) is 3.20. The monoisotopic (exact) mass is 338 g/mol. The minimum atomic E-state index is -3.61. The topological polar surface area (TPSA) is 81.8 Å². The first kappa shape index (κ1) is 14.9. The van der Waals surface area contributed by atoms with Crippen LogP contribution in [0.15, 0.2) is 32.3 Å². The summed E-state index contributed by atoms with van der Waals surface area (Å²) < 4.78 is 39.4. The van der Waals surface area contributed by atoms with E-state index < -0.39 is 15.8 Å². The number of rotatable bonds is 3. The van der Waals surface area contributed by atoms with Crippen LogP contribution in [-0.4, -0.2) is 42.6 Å². The molecule has 2 saturated heterocycles. The second kappa shape index (κ2) is 4.93. The fourth-order valence-corrected chi connectivity index (χ4v) is 5.35. The van der Waals surface area contributed by atoms with Crippen LogP contribution in [0, 0.1) is 0 Å². The van der Waals surface area contributed by atoms with E-state index in [4.69, 9.17) is 9.15 Å². The van der Waals surface area contributed by atoms with Gasteiger partial charge in [0, 0.05) is 25.8 Å². The molecule has 2 aliphatic heterocycles. The molecule has 0 saturated carbocycles. The smallest absolute Gasteiger partial charge is 0.408 e. The maximum Gasteiger partial charge on any atom is 0.419 e. The summed E-state index contributed by atoms with van der Waals surface area (Å²) in [5, 5.41) is 0. The molecule has 0 aliphatic carbocycles. The van der Waals surface area contributed by atoms with Gasteiger partial charge in [0.05, 0.1) is 22.6 Å². The molecule has 7 nitrogen and oxygen atoms in total. The zero-order chi connectivity index (χ0) is 16.2. The van der Waals surface area contributed by atoms with E-state index in [1.165, 1.54) is 14.9 Å². The van der Waals surface area contributed by atoms with Crippen LogP contribution in [0.1, 0.15) is 19.8 Å². The molecule has 8 heteroatoms. The van der Waals surface area contributed by atoms with Gasteiger partial charge in [-0.1, -0.05) is 0 Å². The highest BCUT2D eigenvalue weighted by atomic mass is 32.2. The highest BCUT2D eigenvalue weighted by Crippen LogP contribution is 2.42. The van der Waals surface area contributed by atoms with E-state index in [1.54, 1.807) is 12.1 Å². The Morgan fingerprint density at radius 1 is 1.30 bits per heavy atom. The van der Waals surface area contributed by atoms with Crippen molar-refractivity contribution in [2.24, 2.45) is 0 Å². The van der Waals surface area contributed by atoms with Gasteiger partial charge in [0.25, 0.3) is 0 Å². The lowest BCUT2D eigenvalue weighted by Gasteiger charge is -2.48. The minimum absolute atomic E-state index is 0.160. The third kappa shape index (κ3) is 2.02. The van der Waals surface area contributed by atoms with Gasteiger partial charge in [-0.05, 0) is 31.9 Å². The van der Waals surface area contributed by atoms with Gasteiger partial charge >= 0.3 is 5.76 Å². The molecule has 1 atom stereocenters. The number of fused-ring (bicyclic) bond motifs is 1. The Bertz CT molecular complexity index is 921. The van der Waals surface area contributed by atoms with Crippen LogP contribution in [0.25, 0.3) is 11.1 Å².